The molecule has 0 N–H and O–H groups in total. The molecular formula is C21H14N3. The molecule has 0 aliphatic carbocycles. The molecule has 0 spiro atoms. The first kappa shape index (κ1) is 14.3. The van der Waals surface area contributed by atoms with Gasteiger partial charge in [-0.15, -0.1) is 0 Å². The number of pyridine rings is 3. The van der Waals surface area contributed by atoms with Gasteiger partial charge in [0.15, 0.2) is 0 Å². The molecule has 3 aromatic heterocycles. The van der Waals surface area contributed by atoms with Crippen LogP contribution in [0.1, 0.15) is 0 Å². The quantitative estimate of drug-likeness (QED) is 0.552. The molecule has 3 heterocycles. The van der Waals surface area contributed by atoms with E-state index in [1.807, 2.05) is 66.7 Å². The summed E-state index contributed by atoms with van der Waals surface area (Å²) < 4.78 is 0. The number of hydrogen-bond acceptors (Lipinski definition) is 3. The molecule has 0 aliphatic heterocycles. The van der Waals surface area contributed by atoms with Gasteiger partial charge in [0.25, 0.3) is 0 Å². The van der Waals surface area contributed by atoms with Gasteiger partial charge in [0.05, 0.1) is 17.1 Å². The number of rotatable bonds is 3. The first-order valence-corrected chi connectivity index (χ1v) is 7.72. The molecule has 0 fully saturated rings. The smallest absolute Gasteiger partial charge is 0.0715 e. The lowest BCUT2D eigenvalue weighted by molar-refractivity contribution is 1.28. The highest BCUT2D eigenvalue weighted by atomic mass is 14.7. The van der Waals surface area contributed by atoms with E-state index in [0.717, 1.165) is 33.8 Å². The number of aromatic nitrogens is 3. The third-order valence-corrected chi connectivity index (χ3v) is 3.78. The summed E-state index contributed by atoms with van der Waals surface area (Å²) in [6.07, 6.45) is 5.39. The minimum Gasteiger partial charge on any atom is -0.256 e. The molecule has 1 aromatic carbocycles. The van der Waals surface area contributed by atoms with Crippen molar-refractivity contribution < 1.29 is 0 Å². The summed E-state index contributed by atoms with van der Waals surface area (Å²) >= 11 is 0. The molecule has 1 radical (unpaired) electrons. The van der Waals surface area contributed by atoms with Crippen molar-refractivity contribution >= 4 is 0 Å². The van der Waals surface area contributed by atoms with Crippen LogP contribution in [0, 0.1) is 6.07 Å². The molecule has 3 nitrogen and oxygen atoms in total. The molecule has 0 saturated carbocycles. The molecule has 4 rings (SSSR count). The van der Waals surface area contributed by atoms with Crippen LogP contribution < -0.4 is 0 Å². The zero-order valence-corrected chi connectivity index (χ0v) is 12.9. The predicted octanol–water partition coefficient (Wildman–Crippen LogP) is 4.67. The Morgan fingerprint density at radius 3 is 1.75 bits per heavy atom. The first-order chi connectivity index (χ1) is 11.9. The monoisotopic (exact) mass is 308 g/mol. The lowest BCUT2D eigenvalue weighted by Crippen LogP contribution is -1.94. The van der Waals surface area contributed by atoms with E-state index < -0.39 is 0 Å². The van der Waals surface area contributed by atoms with Crippen LogP contribution in [-0.4, -0.2) is 15.0 Å². The van der Waals surface area contributed by atoms with Crippen LogP contribution in [0.4, 0.5) is 0 Å². The molecule has 0 bridgehead atoms. The van der Waals surface area contributed by atoms with Crippen molar-refractivity contribution in [1.82, 2.24) is 15.0 Å². The van der Waals surface area contributed by atoms with E-state index in [0.29, 0.717) is 0 Å². The largest absolute Gasteiger partial charge is 0.256 e. The fraction of sp³-hybridized carbons (Fsp3) is 0. The van der Waals surface area contributed by atoms with Crippen LogP contribution in [0.5, 0.6) is 0 Å². The van der Waals surface area contributed by atoms with Crippen molar-refractivity contribution in [2.24, 2.45) is 0 Å². The van der Waals surface area contributed by atoms with E-state index in [4.69, 9.17) is 0 Å². The molecule has 113 valence electrons. The predicted molar refractivity (Wildman–Crippen MR) is 95.0 cm³/mol. The Labute approximate surface area is 140 Å². The minimum atomic E-state index is 0.871. The Morgan fingerprint density at radius 2 is 1.17 bits per heavy atom. The summed E-state index contributed by atoms with van der Waals surface area (Å²) in [7, 11) is 0. The van der Waals surface area contributed by atoms with Gasteiger partial charge in [-0.3, -0.25) is 15.0 Å². The Kier molecular flexibility index (Phi) is 3.82. The maximum atomic E-state index is 4.55. The normalized spacial score (nSPS) is 10.5. The maximum Gasteiger partial charge on any atom is 0.0715 e. The summed E-state index contributed by atoms with van der Waals surface area (Å²) in [4.78, 5) is 13.5. The average molecular weight is 308 g/mol. The number of nitrogens with zero attached hydrogens (tertiary/aromatic N) is 3. The van der Waals surface area contributed by atoms with Crippen molar-refractivity contribution in [2.75, 3.05) is 0 Å². The standard InChI is InChI=1S/C21H14N3/c1-4-13-22-18(10-1)16-8-7-9-17(19-11-2-5-14-23-19)21(16)20-12-3-6-15-24-20/h1-8,10-15H. The van der Waals surface area contributed by atoms with Crippen molar-refractivity contribution in [3.05, 3.63) is 91.4 Å². The number of hydrogen-bond donors (Lipinski definition) is 0. The zero-order chi connectivity index (χ0) is 16.2. The highest BCUT2D eigenvalue weighted by Crippen LogP contribution is 2.37. The Morgan fingerprint density at radius 1 is 0.583 bits per heavy atom. The van der Waals surface area contributed by atoms with Gasteiger partial charge in [0, 0.05) is 35.3 Å². The summed E-state index contributed by atoms with van der Waals surface area (Å²) in [6.45, 7) is 0. The summed E-state index contributed by atoms with van der Waals surface area (Å²) in [5.74, 6) is 0. The van der Waals surface area contributed by atoms with Gasteiger partial charge in [-0.25, -0.2) is 0 Å². The van der Waals surface area contributed by atoms with Gasteiger partial charge in [-0.2, -0.15) is 0 Å². The SMILES string of the molecule is [c]1ccc(-c2ccccn2)c(-c2ccccn2)c1-c1ccccn1. The van der Waals surface area contributed by atoms with Gasteiger partial charge >= 0.3 is 0 Å². The second-order valence-corrected chi connectivity index (χ2v) is 5.29. The van der Waals surface area contributed by atoms with Gasteiger partial charge in [-0.1, -0.05) is 30.3 Å². The van der Waals surface area contributed by atoms with Crippen molar-refractivity contribution in [2.45, 2.75) is 0 Å². The van der Waals surface area contributed by atoms with Gasteiger partial charge < -0.3 is 0 Å². The molecule has 24 heavy (non-hydrogen) atoms. The molecule has 0 amide bonds. The van der Waals surface area contributed by atoms with Crippen molar-refractivity contribution in [3.63, 3.8) is 0 Å². The number of benzene rings is 1. The van der Waals surface area contributed by atoms with Crippen LogP contribution in [0.3, 0.4) is 0 Å². The Hall–Kier alpha value is -3.33. The fourth-order valence-corrected chi connectivity index (χ4v) is 2.72. The Bertz CT molecular complexity index is 879. The molecule has 0 saturated heterocycles. The van der Waals surface area contributed by atoms with E-state index in [2.05, 4.69) is 21.0 Å². The fourth-order valence-electron chi connectivity index (χ4n) is 2.72. The second-order valence-electron chi connectivity index (χ2n) is 5.29. The Balaban J connectivity index is 2.02. The molecule has 4 aromatic rings. The summed E-state index contributed by atoms with van der Waals surface area (Å²) in [5.41, 5.74) is 5.61. The molecular weight excluding hydrogens is 294 g/mol. The van der Waals surface area contributed by atoms with Crippen LogP contribution in [0.2, 0.25) is 0 Å². The van der Waals surface area contributed by atoms with E-state index >= 15 is 0 Å². The van der Waals surface area contributed by atoms with Crippen LogP contribution >= 0.6 is 0 Å². The third-order valence-electron chi connectivity index (χ3n) is 3.78. The lowest BCUT2D eigenvalue weighted by Gasteiger charge is -2.13. The van der Waals surface area contributed by atoms with E-state index in [9.17, 15) is 0 Å². The van der Waals surface area contributed by atoms with E-state index in [-0.39, 0.29) is 0 Å². The van der Waals surface area contributed by atoms with Crippen LogP contribution in [0.15, 0.2) is 85.3 Å². The maximum absolute atomic E-state index is 4.55. The summed E-state index contributed by atoms with van der Waals surface area (Å²) in [5, 5.41) is 0. The summed E-state index contributed by atoms with van der Waals surface area (Å²) in [6, 6.07) is 25.0. The first-order valence-electron chi connectivity index (χ1n) is 7.72. The van der Waals surface area contributed by atoms with Crippen molar-refractivity contribution in [3.8, 4) is 33.8 Å². The van der Waals surface area contributed by atoms with Gasteiger partial charge in [0.1, 0.15) is 0 Å². The van der Waals surface area contributed by atoms with E-state index in [1.54, 1.807) is 18.6 Å². The van der Waals surface area contributed by atoms with Crippen LogP contribution in [0.25, 0.3) is 33.8 Å². The van der Waals surface area contributed by atoms with Gasteiger partial charge in [0.2, 0.25) is 0 Å². The topological polar surface area (TPSA) is 38.7 Å². The molecule has 0 aliphatic rings. The third kappa shape index (κ3) is 2.68. The molecule has 0 unspecified atom stereocenters. The van der Waals surface area contributed by atoms with Crippen molar-refractivity contribution in [1.29, 1.82) is 0 Å². The highest BCUT2D eigenvalue weighted by molar-refractivity contribution is 5.91. The van der Waals surface area contributed by atoms with Gasteiger partial charge in [-0.05, 0) is 42.5 Å². The molecule has 0 atom stereocenters. The van der Waals surface area contributed by atoms with Crippen LogP contribution in [-0.2, 0) is 0 Å². The zero-order valence-electron chi connectivity index (χ0n) is 12.9. The molecule has 3 heteroatoms. The minimum absolute atomic E-state index is 0.871. The second kappa shape index (κ2) is 6.42. The highest BCUT2D eigenvalue weighted by Gasteiger charge is 2.16. The lowest BCUT2D eigenvalue weighted by atomic mass is 9.93. The average Bonchev–Trinajstić information content (AvgIpc) is 2.69. The van der Waals surface area contributed by atoms with E-state index in [1.165, 1.54) is 0 Å².